The van der Waals surface area contributed by atoms with Crippen LogP contribution in [0.2, 0.25) is 0 Å². The van der Waals surface area contributed by atoms with Crippen LogP contribution in [0, 0.1) is 6.92 Å². The molecule has 0 spiro atoms. The summed E-state index contributed by atoms with van der Waals surface area (Å²) in [6.45, 7) is 6.14. The van der Waals surface area contributed by atoms with Gasteiger partial charge in [0.1, 0.15) is 11.5 Å². The predicted molar refractivity (Wildman–Crippen MR) is 103 cm³/mol. The molecule has 4 heterocycles. The SMILES string of the molecule is Cc1nc2ncccn2c1C(=O)NCc1cccnc1N1CCN(C)CC1. The van der Waals surface area contributed by atoms with Gasteiger partial charge in [0.05, 0.1) is 5.69 Å². The van der Waals surface area contributed by atoms with Gasteiger partial charge in [-0.3, -0.25) is 9.20 Å². The highest BCUT2D eigenvalue weighted by Crippen LogP contribution is 2.19. The molecule has 3 aromatic heterocycles. The molecule has 1 N–H and O–H groups in total. The van der Waals surface area contributed by atoms with Gasteiger partial charge in [-0.05, 0) is 26.1 Å². The van der Waals surface area contributed by atoms with Crippen LogP contribution >= 0.6 is 0 Å². The molecule has 1 fully saturated rings. The van der Waals surface area contributed by atoms with Crippen LogP contribution in [0.25, 0.3) is 5.78 Å². The maximum Gasteiger partial charge on any atom is 0.270 e. The third kappa shape index (κ3) is 3.48. The molecule has 1 saturated heterocycles. The fourth-order valence-electron chi connectivity index (χ4n) is 3.40. The zero-order valence-corrected chi connectivity index (χ0v) is 15.6. The smallest absolute Gasteiger partial charge is 0.270 e. The monoisotopic (exact) mass is 365 g/mol. The molecule has 0 bridgehead atoms. The second-order valence-corrected chi connectivity index (χ2v) is 6.79. The van der Waals surface area contributed by atoms with E-state index in [0.29, 0.717) is 23.7 Å². The third-order valence-electron chi connectivity index (χ3n) is 4.90. The first kappa shape index (κ1) is 17.4. The Kier molecular flexibility index (Phi) is 4.72. The lowest BCUT2D eigenvalue weighted by atomic mass is 10.2. The zero-order chi connectivity index (χ0) is 18.8. The third-order valence-corrected chi connectivity index (χ3v) is 4.90. The van der Waals surface area contributed by atoms with Crippen molar-refractivity contribution in [2.24, 2.45) is 0 Å². The van der Waals surface area contributed by atoms with Gasteiger partial charge in [-0.1, -0.05) is 6.07 Å². The summed E-state index contributed by atoms with van der Waals surface area (Å²) in [5.74, 6) is 1.31. The number of fused-ring (bicyclic) bond motifs is 1. The summed E-state index contributed by atoms with van der Waals surface area (Å²) in [5, 5.41) is 3.02. The number of hydrogen-bond acceptors (Lipinski definition) is 6. The summed E-state index contributed by atoms with van der Waals surface area (Å²) in [7, 11) is 2.13. The Morgan fingerprint density at radius 2 is 1.93 bits per heavy atom. The highest BCUT2D eigenvalue weighted by atomic mass is 16.1. The normalized spacial score (nSPS) is 15.3. The van der Waals surface area contributed by atoms with E-state index in [9.17, 15) is 4.79 Å². The molecule has 0 aromatic carbocycles. The highest BCUT2D eigenvalue weighted by molar-refractivity contribution is 5.94. The Balaban J connectivity index is 1.52. The molecule has 8 nitrogen and oxygen atoms in total. The van der Waals surface area contributed by atoms with E-state index in [0.717, 1.165) is 37.6 Å². The van der Waals surface area contributed by atoms with E-state index in [1.807, 2.05) is 19.1 Å². The number of nitrogens with one attached hydrogen (secondary N) is 1. The van der Waals surface area contributed by atoms with Crippen LogP contribution in [0.1, 0.15) is 21.7 Å². The number of aromatic nitrogens is 4. The predicted octanol–water partition coefficient (Wildman–Crippen LogP) is 1.11. The first-order valence-electron chi connectivity index (χ1n) is 9.09. The lowest BCUT2D eigenvalue weighted by Gasteiger charge is -2.34. The van der Waals surface area contributed by atoms with E-state index in [1.54, 1.807) is 29.1 Å². The molecule has 0 radical (unpaired) electrons. The van der Waals surface area contributed by atoms with Crippen molar-refractivity contribution in [3.63, 3.8) is 0 Å². The van der Waals surface area contributed by atoms with Gasteiger partial charge < -0.3 is 15.1 Å². The maximum atomic E-state index is 12.8. The van der Waals surface area contributed by atoms with Gasteiger partial charge in [0.25, 0.3) is 5.91 Å². The van der Waals surface area contributed by atoms with Gasteiger partial charge in [-0.2, -0.15) is 0 Å². The number of imidazole rings is 1. The second-order valence-electron chi connectivity index (χ2n) is 6.79. The molecular weight excluding hydrogens is 342 g/mol. The minimum absolute atomic E-state index is 0.166. The Morgan fingerprint density at radius 3 is 2.74 bits per heavy atom. The fraction of sp³-hybridized carbons (Fsp3) is 0.368. The molecule has 140 valence electrons. The number of nitrogens with zero attached hydrogens (tertiary/aromatic N) is 6. The number of anilines is 1. The van der Waals surface area contributed by atoms with Gasteiger partial charge in [0.15, 0.2) is 0 Å². The molecule has 1 aliphatic rings. The Labute approximate surface area is 157 Å². The molecule has 1 amide bonds. The standard InChI is InChI=1S/C19H23N7O/c1-14-16(26-8-4-7-21-19(26)23-14)18(27)22-13-15-5-3-6-20-17(15)25-11-9-24(2)10-12-25/h3-8H,9-13H2,1-2H3,(H,22,27). The van der Waals surface area contributed by atoms with Crippen LogP contribution in [0.15, 0.2) is 36.8 Å². The van der Waals surface area contributed by atoms with E-state index in [1.165, 1.54) is 0 Å². The largest absolute Gasteiger partial charge is 0.354 e. The number of hydrogen-bond donors (Lipinski definition) is 1. The number of likely N-dealkylation sites (N-methyl/N-ethyl adjacent to an activating group) is 1. The van der Waals surface area contributed by atoms with Crippen molar-refractivity contribution in [3.05, 3.63) is 53.7 Å². The van der Waals surface area contributed by atoms with Crippen molar-refractivity contribution < 1.29 is 4.79 Å². The minimum Gasteiger partial charge on any atom is -0.354 e. The highest BCUT2D eigenvalue weighted by Gasteiger charge is 2.20. The van der Waals surface area contributed by atoms with Crippen molar-refractivity contribution in [1.29, 1.82) is 0 Å². The van der Waals surface area contributed by atoms with Gasteiger partial charge in [-0.25, -0.2) is 15.0 Å². The molecule has 8 heteroatoms. The Morgan fingerprint density at radius 1 is 1.15 bits per heavy atom. The van der Waals surface area contributed by atoms with E-state index in [-0.39, 0.29) is 5.91 Å². The number of aryl methyl sites for hydroxylation is 1. The average molecular weight is 365 g/mol. The zero-order valence-electron chi connectivity index (χ0n) is 15.6. The van der Waals surface area contributed by atoms with Crippen molar-refractivity contribution in [2.75, 3.05) is 38.1 Å². The molecule has 27 heavy (non-hydrogen) atoms. The molecule has 1 aliphatic heterocycles. The molecule has 0 aliphatic carbocycles. The minimum atomic E-state index is -0.166. The summed E-state index contributed by atoms with van der Waals surface area (Å²) in [6.07, 6.45) is 5.28. The van der Waals surface area contributed by atoms with Crippen LogP contribution in [0.5, 0.6) is 0 Å². The molecule has 0 saturated carbocycles. The van der Waals surface area contributed by atoms with Gasteiger partial charge in [0.2, 0.25) is 5.78 Å². The van der Waals surface area contributed by atoms with E-state index in [4.69, 9.17) is 0 Å². The summed E-state index contributed by atoms with van der Waals surface area (Å²) in [4.78, 5) is 30.5. The van der Waals surface area contributed by atoms with E-state index < -0.39 is 0 Å². The summed E-state index contributed by atoms with van der Waals surface area (Å²) >= 11 is 0. The van der Waals surface area contributed by atoms with Crippen molar-refractivity contribution in [1.82, 2.24) is 29.6 Å². The lowest BCUT2D eigenvalue weighted by molar-refractivity contribution is 0.0944. The number of piperazine rings is 1. The maximum absolute atomic E-state index is 12.8. The van der Waals surface area contributed by atoms with Gasteiger partial charge in [-0.15, -0.1) is 0 Å². The molecule has 0 unspecified atom stereocenters. The van der Waals surface area contributed by atoms with Crippen molar-refractivity contribution in [3.8, 4) is 0 Å². The molecule has 0 atom stereocenters. The topological polar surface area (TPSA) is 78.7 Å². The van der Waals surface area contributed by atoms with Gasteiger partial charge >= 0.3 is 0 Å². The first-order valence-corrected chi connectivity index (χ1v) is 9.09. The van der Waals surface area contributed by atoms with Crippen LogP contribution in [-0.2, 0) is 6.54 Å². The number of pyridine rings is 1. The number of carbonyl (C=O) groups is 1. The van der Waals surface area contributed by atoms with Crippen molar-refractivity contribution in [2.45, 2.75) is 13.5 Å². The summed E-state index contributed by atoms with van der Waals surface area (Å²) in [5.41, 5.74) is 2.19. The fourth-order valence-corrected chi connectivity index (χ4v) is 3.40. The molecule has 4 rings (SSSR count). The first-order chi connectivity index (χ1) is 13.1. The van der Waals surface area contributed by atoms with Crippen LogP contribution in [-0.4, -0.2) is 63.4 Å². The summed E-state index contributed by atoms with van der Waals surface area (Å²) < 4.78 is 1.72. The number of carbonyl (C=O) groups excluding carboxylic acids is 1. The molecule has 3 aromatic rings. The quantitative estimate of drug-likeness (QED) is 0.746. The average Bonchev–Trinajstić information content (AvgIpc) is 3.03. The lowest BCUT2D eigenvalue weighted by Crippen LogP contribution is -2.45. The molecular formula is C19H23N7O. The van der Waals surface area contributed by atoms with Crippen LogP contribution < -0.4 is 10.2 Å². The Hall–Kier alpha value is -3.00. The van der Waals surface area contributed by atoms with Crippen molar-refractivity contribution >= 4 is 17.5 Å². The Bertz CT molecular complexity index is 960. The number of amides is 1. The number of rotatable bonds is 4. The van der Waals surface area contributed by atoms with Crippen LogP contribution in [0.4, 0.5) is 5.82 Å². The van der Waals surface area contributed by atoms with E-state index in [2.05, 4.69) is 37.1 Å². The van der Waals surface area contributed by atoms with Crippen LogP contribution in [0.3, 0.4) is 0 Å². The van der Waals surface area contributed by atoms with Gasteiger partial charge in [0, 0.05) is 56.9 Å². The second kappa shape index (κ2) is 7.32. The van der Waals surface area contributed by atoms with E-state index >= 15 is 0 Å². The summed E-state index contributed by atoms with van der Waals surface area (Å²) in [6, 6.07) is 5.71.